The first-order valence-corrected chi connectivity index (χ1v) is 6.25. The minimum Gasteiger partial charge on any atom is -0.506 e. The Bertz CT molecular complexity index is 340. The normalized spacial score (nSPS) is 11.0. The van der Waals surface area contributed by atoms with E-state index < -0.39 is 0 Å². The van der Waals surface area contributed by atoms with Gasteiger partial charge in [-0.15, -0.1) is 0 Å². The molecule has 1 N–H and O–H groups in total. The van der Waals surface area contributed by atoms with Crippen LogP contribution in [0.15, 0.2) is 6.20 Å². The number of nitrogens with zero attached hydrogens (tertiary/aromatic N) is 2. The molecule has 4 heteroatoms. The third-order valence-corrected chi connectivity index (χ3v) is 2.80. The van der Waals surface area contributed by atoms with Crippen LogP contribution in [0.2, 0.25) is 0 Å². The molecule has 0 unspecified atom stereocenters. The molecule has 0 amide bonds. The molecule has 0 radical (unpaired) electrons. The van der Waals surface area contributed by atoms with Gasteiger partial charge >= 0.3 is 0 Å². The minimum absolute atomic E-state index is 0.343. The van der Waals surface area contributed by atoms with Gasteiger partial charge in [0.2, 0.25) is 0 Å². The lowest BCUT2D eigenvalue weighted by Crippen LogP contribution is -2.13. The third kappa shape index (κ3) is 3.11. The molecule has 15 heavy (non-hydrogen) atoms. The Morgan fingerprint density at radius 2 is 2.13 bits per heavy atom. The molecule has 0 aliphatic heterocycles. The SMILES string of the molecule is CSCc1cnc(C)c(O)c1CN(C)C. The summed E-state index contributed by atoms with van der Waals surface area (Å²) in [6, 6.07) is 0. The predicted octanol–water partition coefficient (Wildman–Crippen LogP) is 2.02. The zero-order valence-electron chi connectivity index (χ0n) is 9.74. The molecule has 0 aromatic carbocycles. The number of rotatable bonds is 4. The molecular formula is C11H18N2OS. The fraction of sp³-hybridized carbons (Fsp3) is 0.545. The lowest BCUT2D eigenvalue weighted by Gasteiger charge is -2.16. The second kappa shape index (κ2) is 5.37. The summed E-state index contributed by atoms with van der Waals surface area (Å²) in [5.74, 6) is 1.24. The third-order valence-electron chi connectivity index (χ3n) is 2.20. The fourth-order valence-corrected chi connectivity index (χ4v) is 2.02. The summed E-state index contributed by atoms with van der Waals surface area (Å²) in [6.45, 7) is 2.59. The first-order chi connectivity index (χ1) is 7.06. The maximum absolute atomic E-state index is 9.96. The highest BCUT2D eigenvalue weighted by Crippen LogP contribution is 2.26. The summed E-state index contributed by atoms with van der Waals surface area (Å²) < 4.78 is 0. The molecule has 0 aliphatic rings. The number of thioether (sulfide) groups is 1. The standard InChI is InChI=1S/C11H18N2OS/c1-8-11(14)10(6-13(2)3)9(5-12-8)7-15-4/h5,14H,6-7H2,1-4H3. The largest absolute Gasteiger partial charge is 0.506 e. The van der Waals surface area contributed by atoms with Crippen LogP contribution in [-0.2, 0) is 12.3 Å². The van der Waals surface area contributed by atoms with Gasteiger partial charge in [0, 0.05) is 24.1 Å². The Morgan fingerprint density at radius 1 is 1.47 bits per heavy atom. The Hall–Kier alpha value is -0.740. The summed E-state index contributed by atoms with van der Waals surface area (Å²) >= 11 is 1.74. The molecule has 3 nitrogen and oxygen atoms in total. The van der Waals surface area contributed by atoms with Crippen LogP contribution in [-0.4, -0.2) is 35.3 Å². The van der Waals surface area contributed by atoms with E-state index in [-0.39, 0.29) is 0 Å². The number of aromatic nitrogens is 1. The van der Waals surface area contributed by atoms with E-state index >= 15 is 0 Å². The van der Waals surface area contributed by atoms with Crippen LogP contribution in [0.5, 0.6) is 5.75 Å². The maximum atomic E-state index is 9.96. The van der Waals surface area contributed by atoms with Crippen molar-refractivity contribution >= 4 is 11.8 Å². The highest BCUT2D eigenvalue weighted by molar-refractivity contribution is 7.97. The molecular weight excluding hydrogens is 208 g/mol. The van der Waals surface area contributed by atoms with Crippen molar-refractivity contribution in [2.24, 2.45) is 0 Å². The molecule has 0 spiro atoms. The average molecular weight is 226 g/mol. The van der Waals surface area contributed by atoms with Gasteiger partial charge in [-0.05, 0) is 32.8 Å². The van der Waals surface area contributed by atoms with Crippen molar-refractivity contribution in [2.75, 3.05) is 20.4 Å². The zero-order valence-corrected chi connectivity index (χ0v) is 10.6. The Kier molecular flexibility index (Phi) is 4.42. The molecule has 0 aliphatic carbocycles. The van der Waals surface area contributed by atoms with Gasteiger partial charge < -0.3 is 10.0 Å². The monoisotopic (exact) mass is 226 g/mol. The second-order valence-corrected chi connectivity index (χ2v) is 4.73. The first-order valence-electron chi connectivity index (χ1n) is 4.86. The average Bonchev–Trinajstić information content (AvgIpc) is 2.17. The van der Waals surface area contributed by atoms with E-state index in [9.17, 15) is 5.11 Å². The summed E-state index contributed by atoms with van der Waals surface area (Å²) in [7, 11) is 4.00. The molecule has 0 fully saturated rings. The van der Waals surface area contributed by atoms with Gasteiger partial charge in [-0.1, -0.05) is 0 Å². The smallest absolute Gasteiger partial charge is 0.141 e. The fourth-order valence-electron chi connectivity index (χ4n) is 1.46. The summed E-state index contributed by atoms with van der Waals surface area (Å²) in [6.07, 6.45) is 3.92. The highest BCUT2D eigenvalue weighted by Gasteiger charge is 2.11. The van der Waals surface area contributed by atoms with Crippen molar-refractivity contribution in [3.8, 4) is 5.75 Å². The maximum Gasteiger partial charge on any atom is 0.141 e. The lowest BCUT2D eigenvalue weighted by molar-refractivity contribution is 0.382. The Balaban J connectivity index is 3.10. The van der Waals surface area contributed by atoms with Crippen LogP contribution in [0.1, 0.15) is 16.8 Å². The number of pyridine rings is 1. The van der Waals surface area contributed by atoms with Crippen molar-refractivity contribution in [1.29, 1.82) is 0 Å². The molecule has 84 valence electrons. The van der Waals surface area contributed by atoms with Crippen molar-refractivity contribution in [2.45, 2.75) is 19.2 Å². The number of hydrogen-bond donors (Lipinski definition) is 1. The first kappa shape index (κ1) is 12.3. The topological polar surface area (TPSA) is 36.4 Å². The van der Waals surface area contributed by atoms with Gasteiger partial charge in [0.05, 0.1) is 5.69 Å². The van der Waals surface area contributed by atoms with Crippen LogP contribution < -0.4 is 0 Å². The van der Waals surface area contributed by atoms with E-state index in [1.807, 2.05) is 27.2 Å². The van der Waals surface area contributed by atoms with Gasteiger partial charge in [0.15, 0.2) is 0 Å². The number of aryl methyl sites for hydroxylation is 1. The van der Waals surface area contributed by atoms with Crippen molar-refractivity contribution in [3.05, 3.63) is 23.0 Å². The van der Waals surface area contributed by atoms with E-state index in [4.69, 9.17) is 0 Å². The van der Waals surface area contributed by atoms with Crippen LogP contribution >= 0.6 is 11.8 Å². The van der Waals surface area contributed by atoms with E-state index in [1.165, 1.54) is 0 Å². The van der Waals surface area contributed by atoms with Gasteiger partial charge in [-0.25, -0.2) is 0 Å². The van der Waals surface area contributed by atoms with Gasteiger partial charge in [-0.3, -0.25) is 4.98 Å². The Morgan fingerprint density at radius 3 is 2.67 bits per heavy atom. The number of hydrogen-bond acceptors (Lipinski definition) is 4. The molecule has 0 bridgehead atoms. The molecule has 0 saturated carbocycles. The molecule has 0 saturated heterocycles. The predicted molar refractivity (Wildman–Crippen MR) is 65.2 cm³/mol. The van der Waals surface area contributed by atoms with E-state index in [1.54, 1.807) is 11.8 Å². The van der Waals surface area contributed by atoms with Gasteiger partial charge in [-0.2, -0.15) is 11.8 Å². The van der Waals surface area contributed by atoms with E-state index in [0.717, 1.165) is 23.4 Å². The number of aromatic hydroxyl groups is 1. The van der Waals surface area contributed by atoms with Crippen molar-refractivity contribution < 1.29 is 5.11 Å². The molecule has 1 rings (SSSR count). The lowest BCUT2D eigenvalue weighted by atomic mass is 10.1. The molecule has 1 aromatic heterocycles. The van der Waals surface area contributed by atoms with Crippen LogP contribution in [0.3, 0.4) is 0 Å². The van der Waals surface area contributed by atoms with Crippen LogP contribution in [0.4, 0.5) is 0 Å². The molecule has 0 atom stereocenters. The van der Waals surface area contributed by atoms with Gasteiger partial charge in [0.25, 0.3) is 0 Å². The van der Waals surface area contributed by atoms with Crippen LogP contribution in [0.25, 0.3) is 0 Å². The summed E-state index contributed by atoms with van der Waals surface area (Å²) in [5.41, 5.74) is 2.83. The molecule has 1 aromatic rings. The minimum atomic E-state index is 0.343. The van der Waals surface area contributed by atoms with Crippen LogP contribution in [0, 0.1) is 6.92 Å². The summed E-state index contributed by atoms with van der Waals surface area (Å²) in [5, 5.41) is 9.96. The zero-order chi connectivity index (χ0) is 11.4. The Labute approximate surface area is 95.5 Å². The highest BCUT2D eigenvalue weighted by atomic mass is 32.2. The summed E-state index contributed by atoms with van der Waals surface area (Å²) in [4.78, 5) is 6.24. The van der Waals surface area contributed by atoms with Crippen molar-refractivity contribution in [1.82, 2.24) is 9.88 Å². The van der Waals surface area contributed by atoms with E-state index in [2.05, 4.69) is 16.1 Å². The quantitative estimate of drug-likeness (QED) is 0.852. The van der Waals surface area contributed by atoms with Gasteiger partial charge in [0.1, 0.15) is 5.75 Å². The van der Waals surface area contributed by atoms with E-state index in [0.29, 0.717) is 11.4 Å². The molecule has 1 heterocycles. The second-order valence-electron chi connectivity index (χ2n) is 3.87. The van der Waals surface area contributed by atoms with Crippen molar-refractivity contribution in [3.63, 3.8) is 0 Å².